The Morgan fingerprint density at radius 1 is 1.24 bits per heavy atom. The van der Waals surface area contributed by atoms with Crippen molar-refractivity contribution < 1.29 is 9.53 Å². The summed E-state index contributed by atoms with van der Waals surface area (Å²) in [6.07, 6.45) is 4.32. The van der Waals surface area contributed by atoms with E-state index in [0.29, 0.717) is 5.92 Å². The minimum Gasteiger partial charge on any atom is -0.460 e. The van der Waals surface area contributed by atoms with Crippen molar-refractivity contribution >= 4 is 18.4 Å². The summed E-state index contributed by atoms with van der Waals surface area (Å²) >= 11 is 0. The molecule has 1 N–H and O–H groups in total. The minimum atomic E-state index is -0.357. The number of rotatable bonds is 2. The maximum atomic E-state index is 12.4. The second kappa shape index (κ2) is 5.15. The highest BCUT2D eigenvalue weighted by molar-refractivity contribution is 5.85. The van der Waals surface area contributed by atoms with Crippen molar-refractivity contribution in [2.24, 2.45) is 11.3 Å². The van der Waals surface area contributed by atoms with Gasteiger partial charge in [0.2, 0.25) is 0 Å². The van der Waals surface area contributed by atoms with Crippen LogP contribution in [0.2, 0.25) is 0 Å². The zero-order valence-corrected chi connectivity index (χ0v) is 11.9. The standard InChI is InChI=1S/C13H23NO2.ClH/c1-12(2,3)16-11(15)13(10-4-5-10)6-8-14-9-7-13;/h10,14H,4-9H2,1-3H3;1H. The quantitative estimate of drug-likeness (QED) is 0.777. The van der Waals surface area contributed by atoms with Crippen LogP contribution in [0.4, 0.5) is 0 Å². The summed E-state index contributed by atoms with van der Waals surface area (Å²) < 4.78 is 5.62. The number of esters is 1. The lowest BCUT2D eigenvalue weighted by molar-refractivity contribution is -0.171. The van der Waals surface area contributed by atoms with Crippen molar-refractivity contribution in [3.63, 3.8) is 0 Å². The summed E-state index contributed by atoms with van der Waals surface area (Å²) in [6, 6.07) is 0. The fourth-order valence-corrected chi connectivity index (χ4v) is 2.67. The van der Waals surface area contributed by atoms with Gasteiger partial charge in [0, 0.05) is 0 Å². The highest BCUT2D eigenvalue weighted by Crippen LogP contribution is 2.51. The number of hydrogen-bond donors (Lipinski definition) is 1. The van der Waals surface area contributed by atoms with Crippen molar-refractivity contribution in [1.82, 2.24) is 5.32 Å². The minimum absolute atomic E-state index is 0. The molecule has 1 saturated heterocycles. The summed E-state index contributed by atoms with van der Waals surface area (Å²) in [7, 11) is 0. The van der Waals surface area contributed by atoms with Crippen molar-refractivity contribution in [3.05, 3.63) is 0 Å². The average molecular weight is 262 g/mol. The lowest BCUT2D eigenvalue weighted by Crippen LogP contribution is -2.46. The van der Waals surface area contributed by atoms with Crippen molar-refractivity contribution in [3.8, 4) is 0 Å². The van der Waals surface area contributed by atoms with Gasteiger partial charge in [-0.2, -0.15) is 0 Å². The van der Waals surface area contributed by atoms with E-state index in [0.717, 1.165) is 25.9 Å². The van der Waals surface area contributed by atoms with E-state index in [-0.39, 0.29) is 29.4 Å². The van der Waals surface area contributed by atoms with E-state index in [1.54, 1.807) is 0 Å². The van der Waals surface area contributed by atoms with Gasteiger partial charge < -0.3 is 10.1 Å². The van der Waals surface area contributed by atoms with Crippen molar-refractivity contribution in [1.29, 1.82) is 0 Å². The van der Waals surface area contributed by atoms with Crippen LogP contribution in [-0.4, -0.2) is 24.7 Å². The molecule has 0 aromatic heterocycles. The van der Waals surface area contributed by atoms with Crippen molar-refractivity contribution in [2.45, 2.75) is 52.1 Å². The summed E-state index contributed by atoms with van der Waals surface area (Å²) in [5.41, 5.74) is -0.525. The van der Waals surface area contributed by atoms with Crippen LogP contribution in [0.3, 0.4) is 0 Å². The first-order valence-electron chi connectivity index (χ1n) is 6.38. The van der Waals surface area contributed by atoms with Gasteiger partial charge in [-0.3, -0.25) is 4.79 Å². The van der Waals surface area contributed by atoms with Crippen LogP contribution in [0.25, 0.3) is 0 Å². The Morgan fingerprint density at radius 3 is 2.18 bits per heavy atom. The molecule has 0 radical (unpaired) electrons. The average Bonchev–Trinajstić information content (AvgIpc) is 2.99. The Morgan fingerprint density at radius 2 is 1.76 bits per heavy atom. The van der Waals surface area contributed by atoms with E-state index in [4.69, 9.17) is 4.74 Å². The van der Waals surface area contributed by atoms with E-state index in [1.165, 1.54) is 12.8 Å². The molecular formula is C13H24ClNO2. The predicted molar refractivity (Wildman–Crippen MR) is 70.4 cm³/mol. The van der Waals surface area contributed by atoms with Gasteiger partial charge in [-0.25, -0.2) is 0 Å². The topological polar surface area (TPSA) is 38.3 Å². The molecule has 1 aliphatic heterocycles. The zero-order valence-electron chi connectivity index (χ0n) is 11.0. The lowest BCUT2D eigenvalue weighted by Gasteiger charge is -2.37. The summed E-state index contributed by atoms with van der Waals surface area (Å²) in [5, 5.41) is 3.33. The maximum absolute atomic E-state index is 12.4. The molecule has 0 amide bonds. The number of ether oxygens (including phenoxy) is 1. The van der Waals surface area contributed by atoms with Gasteiger partial charge in [0.1, 0.15) is 5.60 Å². The Labute approximate surface area is 110 Å². The summed E-state index contributed by atoms with van der Waals surface area (Å²) in [5.74, 6) is 0.633. The van der Waals surface area contributed by atoms with Crippen molar-refractivity contribution in [2.75, 3.05) is 13.1 Å². The number of nitrogens with one attached hydrogen (secondary N) is 1. The van der Waals surface area contributed by atoms with E-state index in [2.05, 4.69) is 5.32 Å². The van der Waals surface area contributed by atoms with Gasteiger partial charge >= 0.3 is 5.97 Å². The first-order valence-corrected chi connectivity index (χ1v) is 6.38. The number of halogens is 1. The zero-order chi connectivity index (χ0) is 11.8. The molecule has 1 saturated carbocycles. The molecular weight excluding hydrogens is 238 g/mol. The van der Waals surface area contributed by atoms with Crippen LogP contribution >= 0.6 is 12.4 Å². The lowest BCUT2D eigenvalue weighted by atomic mass is 9.74. The molecule has 2 aliphatic rings. The molecule has 4 heteroatoms. The van der Waals surface area contributed by atoms with Gasteiger partial charge in [-0.15, -0.1) is 12.4 Å². The summed E-state index contributed by atoms with van der Waals surface area (Å²) in [4.78, 5) is 12.4. The van der Waals surface area contributed by atoms with Gasteiger partial charge in [-0.1, -0.05) is 0 Å². The third-order valence-electron chi connectivity index (χ3n) is 3.66. The molecule has 0 aromatic rings. The highest BCUT2D eigenvalue weighted by Gasteiger charge is 2.52. The molecule has 0 unspecified atom stereocenters. The van der Waals surface area contributed by atoms with E-state index < -0.39 is 0 Å². The van der Waals surface area contributed by atoms with Crippen LogP contribution in [0.5, 0.6) is 0 Å². The molecule has 1 aliphatic carbocycles. The molecule has 100 valence electrons. The Kier molecular flexibility index (Phi) is 4.48. The number of hydrogen-bond acceptors (Lipinski definition) is 3. The highest BCUT2D eigenvalue weighted by atomic mass is 35.5. The molecule has 0 atom stereocenters. The predicted octanol–water partition coefficient (Wildman–Crippen LogP) is 2.53. The van der Waals surface area contributed by atoms with Gasteiger partial charge in [-0.05, 0) is 65.5 Å². The van der Waals surface area contributed by atoms with Crippen LogP contribution in [0, 0.1) is 11.3 Å². The van der Waals surface area contributed by atoms with Crippen LogP contribution in [-0.2, 0) is 9.53 Å². The van der Waals surface area contributed by atoms with Gasteiger partial charge in [0.15, 0.2) is 0 Å². The monoisotopic (exact) mass is 261 g/mol. The molecule has 0 bridgehead atoms. The molecule has 1 heterocycles. The van der Waals surface area contributed by atoms with Gasteiger partial charge in [0.25, 0.3) is 0 Å². The smallest absolute Gasteiger partial charge is 0.312 e. The number of carbonyl (C=O) groups is 1. The number of carbonyl (C=O) groups excluding carboxylic acids is 1. The molecule has 0 aromatic carbocycles. The maximum Gasteiger partial charge on any atom is 0.312 e. The molecule has 3 nitrogen and oxygen atoms in total. The third kappa shape index (κ3) is 3.35. The number of piperidine rings is 1. The Bertz CT molecular complexity index is 276. The van der Waals surface area contributed by atoms with E-state index in [1.807, 2.05) is 20.8 Å². The van der Waals surface area contributed by atoms with Crippen LogP contribution in [0.1, 0.15) is 46.5 Å². The molecule has 17 heavy (non-hydrogen) atoms. The normalized spacial score (nSPS) is 23.7. The fraction of sp³-hybridized carbons (Fsp3) is 0.923. The summed E-state index contributed by atoms with van der Waals surface area (Å²) in [6.45, 7) is 7.76. The second-order valence-electron chi connectivity index (χ2n) is 6.18. The van der Waals surface area contributed by atoms with Gasteiger partial charge in [0.05, 0.1) is 5.41 Å². The van der Waals surface area contributed by atoms with Crippen LogP contribution in [0.15, 0.2) is 0 Å². The SMILES string of the molecule is CC(C)(C)OC(=O)C1(C2CC2)CCNCC1.Cl. The largest absolute Gasteiger partial charge is 0.460 e. The Hall–Kier alpha value is -0.280. The molecule has 2 rings (SSSR count). The third-order valence-corrected chi connectivity index (χ3v) is 3.66. The fourth-order valence-electron chi connectivity index (χ4n) is 2.67. The Balaban J connectivity index is 0.00000144. The molecule has 0 spiro atoms. The first kappa shape index (κ1) is 14.8. The first-order chi connectivity index (χ1) is 7.44. The van der Waals surface area contributed by atoms with E-state index in [9.17, 15) is 4.79 Å². The molecule has 2 fully saturated rings. The van der Waals surface area contributed by atoms with Crippen LogP contribution < -0.4 is 5.32 Å². The second-order valence-corrected chi connectivity index (χ2v) is 6.18. The van der Waals surface area contributed by atoms with E-state index >= 15 is 0 Å².